The smallest absolute Gasteiger partial charge is 0.255 e. The number of para-hydroxylation sites is 1. The fraction of sp³-hybridized carbons (Fsp3) is 0.462. The van der Waals surface area contributed by atoms with Crippen LogP contribution in [0, 0.1) is 0 Å². The zero-order valence-corrected chi connectivity index (χ0v) is 29.8. The first-order valence-electron chi connectivity index (χ1n) is 18.8. The molecule has 0 bridgehead atoms. The van der Waals surface area contributed by atoms with Gasteiger partial charge in [-0.05, 0) is 68.0 Å². The van der Waals surface area contributed by atoms with E-state index in [2.05, 4.69) is 27.8 Å². The van der Waals surface area contributed by atoms with Crippen molar-refractivity contribution in [2.24, 2.45) is 0 Å². The molecule has 3 saturated heterocycles. The Morgan fingerprint density at radius 3 is 2.64 bits per heavy atom. The van der Waals surface area contributed by atoms with Crippen molar-refractivity contribution in [1.29, 1.82) is 0 Å². The molecule has 0 spiro atoms. The van der Waals surface area contributed by atoms with Crippen LogP contribution in [0.4, 0.5) is 11.4 Å². The molecule has 1 atom stereocenters. The molecule has 4 amide bonds. The van der Waals surface area contributed by atoms with Crippen LogP contribution >= 0.6 is 0 Å². The normalized spacial score (nSPS) is 19.5. The predicted octanol–water partition coefficient (Wildman–Crippen LogP) is 3.93. The van der Waals surface area contributed by atoms with Gasteiger partial charge in [0, 0.05) is 75.1 Å². The molecule has 0 radical (unpaired) electrons. The van der Waals surface area contributed by atoms with Gasteiger partial charge in [-0.1, -0.05) is 12.5 Å². The molecule has 2 aromatic heterocycles. The van der Waals surface area contributed by atoms with Crippen LogP contribution < -0.4 is 15.5 Å². The van der Waals surface area contributed by atoms with E-state index < -0.39 is 11.9 Å². The minimum absolute atomic E-state index is 0.170. The molecule has 53 heavy (non-hydrogen) atoms. The van der Waals surface area contributed by atoms with Crippen molar-refractivity contribution in [1.82, 2.24) is 34.9 Å². The number of ether oxygens (including phenoxy) is 1. The molecule has 0 saturated carbocycles. The number of hydrogen-bond acceptors (Lipinski definition) is 10. The number of rotatable bonds is 11. The van der Waals surface area contributed by atoms with E-state index in [0.717, 1.165) is 104 Å². The number of imide groups is 1. The lowest BCUT2D eigenvalue weighted by atomic mass is 10.0. The van der Waals surface area contributed by atoms with E-state index in [9.17, 15) is 19.2 Å². The number of anilines is 2. The molecule has 4 aliphatic heterocycles. The summed E-state index contributed by atoms with van der Waals surface area (Å²) in [6.07, 6.45) is 11.3. The predicted molar refractivity (Wildman–Crippen MR) is 198 cm³/mol. The minimum Gasteiger partial charge on any atom is -0.385 e. The SMILES string of the molecule is O=C1CCC(N2Cc3cc(NCCCCCC(=O)N4CCC(n5cc(-c6cnc7cccc(N8CCOCC8)c7n6)cn5)CC4)ccc3C2=O)C(=O)N1. The van der Waals surface area contributed by atoms with Crippen LogP contribution in [-0.2, 0) is 25.7 Å². The summed E-state index contributed by atoms with van der Waals surface area (Å²) < 4.78 is 7.57. The minimum atomic E-state index is -0.615. The highest BCUT2D eigenvalue weighted by Crippen LogP contribution is 2.31. The number of aromatic nitrogens is 4. The number of unbranched alkanes of at least 4 members (excludes halogenated alkanes) is 2. The van der Waals surface area contributed by atoms with Gasteiger partial charge < -0.3 is 24.8 Å². The summed E-state index contributed by atoms with van der Waals surface area (Å²) in [5.74, 6) is -0.653. The number of likely N-dealkylation sites (tertiary alicyclic amines) is 1. The highest BCUT2D eigenvalue weighted by molar-refractivity contribution is 6.05. The third-order valence-corrected chi connectivity index (χ3v) is 10.9. The second kappa shape index (κ2) is 15.3. The Morgan fingerprint density at radius 1 is 0.962 bits per heavy atom. The molecular formula is C39H45N9O5. The van der Waals surface area contributed by atoms with Gasteiger partial charge in [0.2, 0.25) is 17.7 Å². The quantitative estimate of drug-likeness (QED) is 0.172. The van der Waals surface area contributed by atoms with E-state index >= 15 is 0 Å². The van der Waals surface area contributed by atoms with Gasteiger partial charge in [-0.15, -0.1) is 0 Å². The van der Waals surface area contributed by atoms with Crippen LogP contribution in [0.2, 0.25) is 0 Å². The maximum atomic E-state index is 13.0. The van der Waals surface area contributed by atoms with Crippen LogP contribution in [0.1, 0.15) is 73.3 Å². The van der Waals surface area contributed by atoms with Gasteiger partial charge in [-0.3, -0.25) is 34.2 Å². The zero-order chi connectivity index (χ0) is 36.3. The standard InChI is InChI=1S/C39H45N9O5/c49-35-11-10-34(38(51)44-35)47-24-26-21-28(8-9-30(26)39(47)52)40-14-3-1-2-7-36(50)46-15-12-29(13-16-46)48-25-27(22-42-48)32-23-41-31-5-4-6-33(37(31)43-32)45-17-19-53-20-18-45/h4-6,8-9,21-23,25,29,34,40H,1-3,7,10-20,24H2,(H,44,49,51). The van der Waals surface area contributed by atoms with Crippen LogP contribution in [0.5, 0.6) is 0 Å². The van der Waals surface area contributed by atoms with Crippen molar-refractivity contribution in [3.8, 4) is 11.3 Å². The molecule has 2 N–H and O–H groups in total. The first-order chi connectivity index (χ1) is 25.9. The number of nitrogens with zero attached hydrogens (tertiary/aromatic N) is 7. The number of amides is 4. The Balaban J connectivity index is 0.762. The molecule has 6 heterocycles. The lowest BCUT2D eigenvalue weighted by Gasteiger charge is -2.32. The first kappa shape index (κ1) is 34.7. The lowest BCUT2D eigenvalue weighted by Crippen LogP contribution is -2.52. The number of hydrogen-bond donors (Lipinski definition) is 2. The molecule has 2 aromatic carbocycles. The highest BCUT2D eigenvalue weighted by atomic mass is 16.5. The Bertz CT molecular complexity index is 2020. The van der Waals surface area contributed by atoms with Crippen LogP contribution in [-0.4, -0.2) is 105 Å². The lowest BCUT2D eigenvalue weighted by molar-refractivity contribution is -0.137. The summed E-state index contributed by atoms with van der Waals surface area (Å²) in [6.45, 7) is 5.65. The van der Waals surface area contributed by atoms with Crippen LogP contribution in [0.3, 0.4) is 0 Å². The number of benzene rings is 2. The van der Waals surface area contributed by atoms with Crippen LogP contribution in [0.15, 0.2) is 55.0 Å². The topological polar surface area (TPSA) is 155 Å². The van der Waals surface area contributed by atoms with Crippen molar-refractivity contribution < 1.29 is 23.9 Å². The molecule has 4 aliphatic rings. The molecule has 8 rings (SSSR count). The van der Waals surface area contributed by atoms with Gasteiger partial charge in [-0.25, -0.2) is 4.98 Å². The highest BCUT2D eigenvalue weighted by Gasteiger charge is 2.39. The molecule has 0 aliphatic carbocycles. The van der Waals surface area contributed by atoms with E-state index in [0.29, 0.717) is 38.2 Å². The molecular weight excluding hydrogens is 674 g/mol. The van der Waals surface area contributed by atoms with Gasteiger partial charge in [-0.2, -0.15) is 5.10 Å². The molecule has 1 unspecified atom stereocenters. The van der Waals surface area contributed by atoms with E-state index in [-0.39, 0.29) is 30.2 Å². The van der Waals surface area contributed by atoms with E-state index in [1.807, 2.05) is 46.2 Å². The van der Waals surface area contributed by atoms with Crippen LogP contribution in [0.25, 0.3) is 22.3 Å². The van der Waals surface area contributed by atoms with E-state index in [1.165, 1.54) is 0 Å². The number of morpholine rings is 1. The Hall–Kier alpha value is -5.37. The van der Waals surface area contributed by atoms with Gasteiger partial charge in [0.05, 0.1) is 48.5 Å². The Morgan fingerprint density at radius 2 is 1.81 bits per heavy atom. The second-order valence-electron chi connectivity index (χ2n) is 14.3. The third-order valence-electron chi connectivity index (χ3n) is 10.9. The van der Waals surface area contributed by atoms with Crippen molar-refractivity contribution in [2.75, 3.05) is 56.2 Å². The number of fused-ring (bicyclic) bond motifs is 2. The molecule has 14 heteroatoms. The number of carbonyl (C=O) groups is 4. The fourth-order valence-electron chi connectivity index (χ4n) is 7.92. The summed E-state index contributed by atoms with van der Waals surface area (Å²) in [5, 5.41) is 10.5. The van der Waals surface area contributed by atoms with Gasteiger partial charge in [0.25, 0.3) is 5.91 Å². The van der Waals surface area contributed by atoms with Gasteiger partial charge in [0.15, 0.2) is 0 Å². The monoisotopic (exact) mass is 719 g/mol. The molecule has 4 aromatic rings. The van der Waals surface area contributed by atoms with Gasteiger partial charge in [0.1, 0.15) is 11.6 Å². The summed E-state index contributed by atoms with van der Waals surface area (Å²) in [4.78, 5) is 65.4. The van der Waals surface area contributed by atoms with Crippen molar-refractivity contribution in [3.05, 3.63) is 66.1 Å². The largest absolute Gasteiger partial charge is 0.385 e. The summed E-state index contributed by atoms with van der Waals surface area (Å²) in [7, 11) is 0. The third kappa shape index (κ3) is 7.45. The molecule has 3 fully saturated rings. The average Bonchev–Trinajstić information content (AvgIpc) is 3.81. The van der Waals surface area contributed by atoms with E-state index in [4.69, 9.17) is 19.8 Å². The summed E-state index contributed by atoms with van der Waals surface area (Å²) in [6, 6.07) is 11.4. The number of carbonyl (C=O) groups excluding carboxylic acids is 4. The van der Waals surface area contributed by atoms with Crippen molar-refractivity contribution in [2.45, 2.75) is 70.0 Å². The second-order valence-corrected chi connectivity index (χ2v) is 14.3. The number of nitrogens with one attached hydrogen (secondary N) is 2. The zero-order valence-electron chi connectivity index (χ0n) is 29.8. The maximum Gasteiger partial charge on any atom is 0.255 e. The molecule has 14 nitrogen and oxygen atoms in total. The summed E-state index contributed by atoms with van der Waals surface area (Å²) >= 11 is 0. The van der Waals surface area contributed by atoms with Crippen molar-refractivity contribution >= 4 is 46.0 Å². The maximum absolute atomic E-state index is 13.0. The van der Waals surface area contributed by atoms with Crippen molar-refractivity contribution in [3.63, 3.8) is 0 Å². The molecule has 276 valence electrons. The average molecular weight is 720 g/mol. The first-order valence-corrected chi connectivity index (χ1v) is 18.8. The Kier molecular flexibility index (Phi) is 10.0. The fourth-order valence-corrected chi connectivity index (χ4v) is 7.92. The summed E-state index contributed by atoms with van der Waals surface area (Å²) in [5.41, 5.74) is 6.99. The van der Waals surface area contributed by atoms with Gasteiger partial charge >= 0.3 is 0 Å². The van der Waals surface area contributed by atoms with E-state index in [1.54, 1.807) is 11.0 Å². The number of piperidine rings is 2. The Labute approximate surface area is 307 Å².